The van der Waals surface area contributed by atoms with Crippen molar-refractivity contribution in [3.8, 4) is 0 Å². The topological polar surface area (TPSA) is 55.6 Å². The molecule has 0 heterocycles. The quantitative estimate of drug-likeness (QED) is 0.849. The summed E-state index contributed by atoms with van der Waals surface area (Å²) in [5, 5.41) is 0. The van der Waals surface area contributed by atoms with Gasteiger partial charge in [0.15, 0.2) is 0 Å². The summed E-state index contributed by atoms with van der Waals surface area (Å²) in [6, 6.07) is 0.387. The summed E-state index contributed by atoms with van der Waals surface area (Å²) in [4.78, 5) is 15.1. The van der Waals surface area contributed by atoms with Crippen LogP contribution in [0.15, 0.2) is 0 Å². The molecule has 3 aliphatic carbocycles. The molecule has 2 unspecified atom stereocenters. The van der Waals surface area contributed by atoms with E-state index in [2.05, 4.69) is 11.8 Å². The first kappa shape index (κ1) is 16.3. The molecule has 1 amide bonds. The lowest BCUT2D eigenvalue weighted by Crippen LogP contribution is -2.64. The Kier molecular flexibility index (Phi) is 4.79. The second-order valence-corrected chi connectivity index (χ2v) is 7.62. The van der Waals surface area contributed by atoms with Crippen LogP contribution in [-0.2, 0) is 9.53 Å². The predicted octanol–water partition coefficient (Wildman–Crippen LogP) is 2.56. The molecule has 0 aromatic carbocycles. The Hall–Kier alpha value is -0.610. The van der Waals surface area contributed by atoms with Gasteiger partial charge in [-0.1, -0.05) is 19.3 Å². The van der Waals surface area contributed by atoms with E-state index in [4.69, 9.17) is 10.5 Å². The maximum Gasteiger partial charge on any atom is 0.226 e. The van der Waals surface area contributed by atoms with E-state index < -0.39 is 0 Å². The van der Waals surface area contributed by atoms with Crippen LogP contribution in [0.5, 0.6) is 0 Å². The van der Waals surface area contributed by atoms with Crippen LogP contribution in [0.4, 0.5) is 0 Å². The zero-order chi connectivity index (χ0) is 15.7. The standard InChI is InChI=1S/C18H32N2O2/c1-3-22-16-11-15(18(16)9-4-5-10-18)20(2)17(21)14-8-6-7-13(14)12-19/h13-16H,3-12,19H2,1-2H3/t13-,14-,15?,16?/m1/s1. The van der Waals surface area contributed by atoms with Gasteiger partial charge >= 0.3 is 0 Å². The van der Waals surface area contributed by atoms with Crippen molar-refractivity contribution >= 4 is 5.91 Å². The molecule has 1 spiro atoms. The van der Waals surface area contributed by atoms with E-state index in [-0.39, 0.29) is 11.3 Å². The van der Waals surface area contributed by atoms with Crippen LogP contribution in [0, 0.1) is 17.3 Å². The molecule has 0 aromatic heterocycles. The molecule has 126 valence electrons. The van der Waals surface area contributed by atoms with Gasteiger partial charge in [-0.05, 0) is 51.5 Å². The monoisotopic (exact) mass is 308 g/mol. The Balaban J connectivity index is 1.69. The molecule has 0 bridgehead atoms. The molecular formula is C18H32N2O2. The van der Waals surface area contributed by atoms with Gasteiger partial charge < -0.3 is 15.4 Å². The molecule has 4 atom stereocenters. The predicted molar refractivity (Wildman–Crippen MR) is 87.4 cm³/mol. The van der Waals surface area contributed by atoms with Gasteiger partial charge in [-0.3, -0.25) is 4.79 Å². The van der Waals surface area contributed by atoms with Crippen LogP contribution in [0.2, 0.25) is 0 Å². The first-order valence-corrected chi connectivity index (χ1v) is 9.22. The van der Waals surface area contributed by atoms with E-state index in [1.54, 1.807) is 0 Å². The highest BCUT2D eigenvalue weighted by Gasteiger charge is 2.59. The van der Waals surface area contributed by atoms with Crippen LogP contribution in [-0.4, -0.2) is 43.2 Å². The van der Waals surface area contributed by atoms with Gasteiger partial charge in [-0.25, -0.2) is 0 Å². The number of hydrogen-bond donors (Lipinski definition) is 1. The smallest absolute Gasteiger partial charge is 0.226 e. The number of rotatable bonds is 5. The van der Waals surface area contributed by atoms with Crippen molar-refractivity contribution in [2.45, 2.75) is 70.4 Å². The summed E-state index contributed by atoms with van der Waals surface area (Å²) in [5.74, 6) is 0.913. The molecule has 0 aromatic rings. The highest BCUT2D eigenvalue weighted by Crippen LogP contribution is 2.56. The summed E-state index contributed by atoms with van der Waals surface area (Å²) in [6.07, 6.45) is 9.73. The van der Waals surface area contributed by atoms with Crippen molar-refractivity contribution in [2.24, 2.45) is 23.0 Å². The third-order valence-corrected chi connectivity index (χ3v) is 6.74. The second-order valence-electron chi connectivity index (χ2n) is 7.62. The molecule has 4 heteroatoms. The van der Waals surface area contributed by atoms with E-state index in [1.165, 1.54) is 25.7 Å². The number of carbonyl (C=O) groups excluding carboxylic acids is 1. The Labute approximate surface area is 134 Å². The molecule has 0 aliphatic heterocycles. The number of ether oxygens (including phenoxy) is 1. The van der Waals surface area contributed by atoms with Gasteiger partial charge in [0.25, 0.3) is 0 Å². The van der Waals surface area contributed by atoms with E-state index >= 15 is 0 Å². The fourth-order valence-corrected chi connectivity index (χ4v) is 5.45. The zero-order valence-electron chi connectivity index (χ0n) is 14.2. The summed E-state index contributed by atoms with van der Waals surface area (Å²) >= 11 is 0. The lowest BCUT2D eigenvalue weighted by atomic mass is 9.60. The molecule has 3 aliphatic rings. The zero-order valence-corrected chi connectivity index (χ0v) is 14.2. The summed E-state index contributed by atoms with van der Waals surface area (Å²) in [7, 11) is 2.03. The molecule has 3 fully saturated rings. The number of nitrogens with two attached hydrogens (primary N) is 1. The van der Waals surface area contributed by atoms with Crippen LogP contribution in [0.3, 0.4) is 0 Å². The number of hydrogen-bond acceptors (Lipinski definition) is 3. The van der Waals surface area contributed by atoms with Crippen LogP contribution in [0.1, 0.15) is 58.3 Å². The van der Waals surface area contributed by atoms with Crippen LogP contribution in [0.25, 0.3) is 0 Å². The van der Waals surface area contributed by atoms with E-state index in [0.717, 1.165) is 32.3 Å². The van der Waals surface area contributed by atoms with E-state index in [0.29, 0.717) is 30.5 Å². The summed E-state index contributed by atoms with van der Waals surface area (Å²) < 4.78 is 5.99. The van der Waals surface area contributed by atoms with E-state index in [1.807, 2.05) is 7.05 Å². The maximum absolute atomic E-state index is 13.0. The molecule has 3 saturated carbocycles. The molecule has 0 radical (unpaired) electrons. The average Bonchev–Trinajstić information content (AvgIpc) is 3.19. The summed E-state index contributed by atoms with van der Waals surface area (Å²) in [6.45, 7) is 3.52. The second kappa shape index (κ2) is 6.48. The Morgan fingerprint density at radius 1 is 1.27 bits per heavy atom. The first-order chi connectivity index (χ1) is 10.6. The first-order valence-electron chi connectivity index (χ1n) is 9.22. The minimum absolute atomic E-state index is 0.166. The Morgan fingerprint density at radius 2 is 2.00 bits per heavy atom. The fraction of sp³-hybridized carbons (Fsp3) is 0.944. The molecular weight excluding hydrogens is 276 g/mol. The number of amides is 1. The highest BCUT2D eigenvalue weighted by molar-refractivity contribution is 5.80. The van der Waals surface area contributed by atoms with Gasteiger partial charge in [0.1, 0.15) is 0 Å². The molecule has 22 heavy (non-hydrogen) atoms. The van der Waals surface area contributed by atoms with Crippen molar-refractivity contribution in [3.63, 3.8) is 0 Å². The van der Waals surface area contributed by atoms with Gasteiger partial charge in [0, 0.05) is 31.0 Å². The SMILES string of the molecule is CCOC1CC(N(C)C(=O)[C@@H]2CCC[C@@H]2CN)C12CCCC2. The van der Waals surface area contributed by atoms with Crippen LogP contribution >= 0.6 is 0 Å². The van der Waals surface area contributed by atoms with Crippen molar-refractivity contribution in [3.05, 3.63) is 0 Å². The average molecular weight is 308 g/mol. The van der Waals surface area contributed by atoms with Crippen molar-refractivity contribution in [2.75, 3.05) is 20.2 Å². The maximum atomic E-state index is 13.0. The number of carbonyl (C=O) groups is 1. The Morgan fingerprint density at radius 3 is 2.64 bits per heavy atom. The molecule has 3 rings (SSSR count). The minimum atomic E-state index is 0.166. The minimum Gasteiger partial charge on any atom is -0.378 e. The molecule has 4 nitrogen and oxygen atoms in total. The lowest BCUT2D eigenvalue weighted by Gasteiger charge is -2.57. The summed E-state index contributed by atoms with van der Waals surface area (Å²) in [5.41, 5.74) is 6.12. The molecule has 2 N–H and O–H groups in total. The Bertz CT molecular complexity index is 406. The lowest BCUT2D eigenvalue weighted by molar-refractivity contribution is -0.175. The van der Waals surface area contributed by atoms with Crippen molar-refractivity contribution in [1.82, 2.24) is 4.90 Å². The largest absolute Gasteiger partial charge is 0.378 e. The van der Waals surface area contributed by atoms with Crippen molar-refractivity contribution in [1.29, 1.82) is 0 Å². The van der Waals surface area contributed by atoms with Gasteiger partial charge in [0.2, 0.25) is 5.91 Å². The van der Waals surface area contributed by atoms with Gasteiger partial charge in [-0.2, -0.15) is 0 Å². The fourth-order valence-electron chi connectivity index (χ4n) is 5.45. The van der Waals surface area contributed by atoms with Gasteiger partial charge in [-0.15, -0.1) is 0 Å². The van der Waals surface area contributed by atoms with Gasteiger partial charge in [0.05, 0.1) is 6.10 Å². The third kappa shape index (κ3) is 2.48. The normalized spacial score (nSPS) is 36.5. The molecule has 0 saturated heterocycles. The van der Waals surface area contributed by atoms with Crippen LogP contribution < -0.4 is 5.73 Å². The van der Waals surface area contributed by atoms with Crippen molar-refractivity contribution < 1.29 is 9.53 Å². The van der Waals surface area contributed by atoms with E-state index in [9.17, 15) is 4.79 Å². The highest BCUT2D eigenvalue weighted by atomic mass is 16.5. The number of nitrogens with zero attached hydrogens (tertiary/aromatic N) is 1. The third-order valence-electron chi connectivity index (χ3n) is 6.74.